The lowest BCUT2D eigenvalue weighted by Crippen LogP contribution is -2.35. The maximum atomic E-state index is 13.4. The van der Waals surface area contributed by atoms with Gasteiger partial charge in [0, 0.05) is 10.6 Å². The van der Waals surface area contributed by atoms with Crippen LogP contribution in [0, 0.1) is 5.82 Å². The molecule has 2 aromatic rings. The van der Waals surface area contributed by atoms with Crippen LogP contribution in [0.1, 0.15) is 17.2 Å². The van der Waals surface area contributed by atoms with E-state index in [0.717, 1.165) is 0 Å². The van der Waals surface area contributed by atoms with Gasteiger partial charge in [-0.05, 0) is 29.8 Å². The van der Waals surface area contributed by atoms with E-state index in [-0.39, 0.29) is 6.54 Å². The number of methoxy groups -OCH3 is 1. The molecular formula is C18H16ClFN2O4. The molecule has 2 N–H and O–H groups in total. The zero-order valence-corrected chi connectivity index (χ0v) is 14.6. The Morgan fingerprint density at radius 1 is 1.35 bits per heavy atom. The molecule has 8 heteroatoms. The number of primary amides is 1. The van der Waals surface area contributed by atoms with Crippen LogP contribution in [0.3, 0.4) is 0 Å². The average molecular weight is 379 g/mol. The predicted molar refractivity (Wildman–Crippen MR) is 92.4 cm³/mol. The lowest BCUT2D eigenvalue weighted by Gasteiger charge is -2.28. The molecule has 0 aromatic heterocycles. The Bertz CT molecular complexity index is 844. The van der Waals surface area contributed by atoms with E-state index in [1.165, 1.54) is 24.1 Å². The predicted octanol–water partition coefficient (Wildman–Crippen LogP) is 2.88. The molecule has 1 aliphatic heterocycles. The fraction of sp³-hybridized carbons (Fsp3) is 0.222. The molecule has 2 aromatic carbocycles. The first kappa shape index (κ1) is 18.0. The summed E-state index contributed by atoms with van der Waals surface area (Å²) in [7, 11) is 1.48. The first-order valence-corrected chi connectivity index (χ1v) is 8.14. The molecule has 2 amide bonds. The molecule has 0 aliphatic carbocycles. The van der Waals surface area contributed by atoms with Crippen molar-refractivity contribution in [3.05, 3.63) is 64.4 Å². The van der Waals surface area contributed by atoms with Crippen molar-refractivity contribution in [2.24, 2.45) is 5.73 Å². The molecule has 1 heterocycles. The summed E-state index contributed by atoms with van der Waals surface area (Å²) in [6, 6.07) is 10.00. The third-order valence-electron chi connectivity index (χ3n) is 4.14. The Morgan fingerprint density at radius 2 is 2.04 bits per heavy atom. The van der Waals surface area contributed by atoms with Gasteiger partial charge in [-0.1, -0.05) is 29.8 Å². The Labute approximate surface area is 154 Å². The fourth-order valence-electron chi connectivity index (χ4n) is 2.92. The van der Waals surface area contributed by atoms with Crippen LogP contribution in [0.15, 0.2) is 42.5 Å². The van der Waals surface area contributed by atoms with Gasteiger partial charge in [-0.2, -0.15) is 0 Å². The van der Waals surface area contributed by atoms with Crippen molar-refractivity contribution in [2.45, 2.75) is 12.1 Å². The number of rotatable bonds is 5. The minimum Gasteiger partial charge on any atom is -0.496 e. The smallest absolute Gasteiger partial charge is 0.411 e. The number of nitrogens with zero attached hydrogens (tertiary/aromatic N) is 1. The minimum absolute atomic E-state index is 0.0258. The molecule has 136 valence electrons. The van der Waals surface area contributed by atoms with Crippen molar-refractivity contribution in [1.82, 2.24) is 4.90 Å². The van der Waals surface area contributed by atoms with Crippen molar-refractivity contribution in [3.63, 3.8) is 0 Å². The summed E-state index contributed by atoms with van der Waals surface area (Å²) in [5, 5.41) is 0.461. The van der Waals surface area contributed by atoms with E-state index in [2.05, 4.69) is 0 Å². The summed E-state index contributed by atoms with van der Waals surface area (Å²) in [4.78, 5) is 25.1. The second-order valence-electron chi connectivity index (χ2n) is 5.77. The lowest BCUT2D eigenvalue weighted by molar-refractivity contribution is -0.124. The lowest BCUT2D eigenvalue weighted by atomic mass is 9.96. The largest absolute Gasteiger partial charge is 0.496 e. The molecule has 26 heavy (non-hydrogen) atoms. The maximum absolute atomic E-state index is 13.4. The Morgan fingerprint density at radius 3 is 2.62 bits per heavy atom. The van der Waals surface area contributed by atoms with E-state index >= 15 is 0 Å². The molecule has 1 aliphatic rings. The number of carbonyl (C=O) groups is 2. The second kappa shape index (κ2) is 7.21. The van der Waals surface area contributed by atoms with Crippen molar-refractivity contribution >= 4 is 23.6 Å². The Balaban J connectivity index is 2.10. The van der Waals surface area contributed by atoms with Crippen LogP contribution in [-0.4, -0.2) is 36.7 Å². The molecular weight excluding hydrogens is 363 g/mol. The average Bonchev–Trinajstić information content (AvgIpc) is 3.00. The molecule has 6 nitrogen and oxygen atoms in total. The molecule has 1 saturated heterocycles. The van der Waals surface area contributed by atoms with Gasteiger partial charge in [-0.3, -0.25) is 9.69 Å². The zero-order chi connectivity index (χ0) is 18.8. The molecule has 1 fully saturated rings. The van der Waals surface area contributed by atoms with E-state index in [1.807, 2.05) is 0 Å². The van der Waals surface area contributed by atoms with Gasteiger partial charge in [0.1, 0.15) is 11.6 Å². The normalized spacial score (nSPS) is 17.7. The van der Waals surface area contributed by atoms with E-state index < -0.39 is 30.0 Å². The van der Waals surface area contributed by atoms with E-state index in [0.29, 0.717) is 21.9 Å². The third kappa shape index (κ3) is 3.43. The highest BCUT2D eigenvalue weighted by molar-refractivity contribution is 6.30. The number of hydrogen-bond donors (Lipinski definition) is 1. The molecule has 2 atom stereocenters. The van der Waals surface area contributed by atoms with Gasteiger partial charge in [-0.15, -0.1) is 0 Å². The molecule has 3 rings (SSSR count). The summed E-state index contributed by atoms with van der Waals surface area (Å²) < 4.78 is 23.8. The van der Waals surface area contributed by atoms with Crippen LogP contribution in [0.4, 0.5) is 9.18 Å². The summed E-state index contributed by atoms with van der Waals surface area (Å²) >= 11 is 6.02. The summed E-state index contributed by atoms with van der Waals surface area (Å²) in [5.41, 5.74) is 6.50. The first-order valence-electron chi connectivity index (χ1n) is 7.76. The van der Waals surface area contributed by atoms with Crippen LogP contribution in [0.25, 0.3) is 0 Å². The molecule has 0 spiro atoms. The number of carbonyl (C=O) groups excluding carboxylic acids is 2. The number of amides is 2. The van der Waals surface area contributed by atoms with Crippen LogP contribution in [0.5, 0.6) is 5.75 Å². The first-order chi connectivity index (χ1) is 12.4. The number of nitrogens with two attached hydrogens (primary N) is 1. The third-order valence-corrected chi connectivity index (χ3v) is 4.38. The van der Waals surface area contributed by atoms with Crippen molar-refractivity contribution in [1.29, 1.82) is 0 Å². The Kier molecular flexibility index (Phi) is 4.99. The van der Waals surface area contributed by atoms with Crippen LogP contribution in [-0.2, 0) is 9.53 Å². The van der Waals surface area contributed by atoms with E-state index in [4.69, 9.17) is 26.8 Å². The molecule has 0 saturated carbocycles. The summed E-state index contributed by atoms with van der Waals surface area (Å²) in [6.45, 7) is -0.0258. The van der Waals surface area contributed by atoms with Gasteiger partial charge in [0.25, 0.3) is 5.91 Å². The topological polar surface area (TPSA) is 81.9 Å². The summed E-state index contributed by atoms with van der Waals surface area (Å²) in [5.74, 6) is -0.696. The number of ether oxygens (including phenoxy) is 2. The maximum Gasteiger partial charge on any atom is 0.411 e. The fourth-order valence-corrected chi connectivity index (χ4v) is 3.08. The number of hydrogen-bond acceptors (Lipinski definition) is 4. The van der Waals surface area contributed by atoms with Gasteiger partial charge in [0.15, 0.2) is 6.10 Å². The van der Waals surface area contributed by atoms with Crippen molar-refractivity contribution < 1.29 is 23.5 Å². The highest BCUT2D eigenvalue weighted by Crippen LogP contribution is 2.38. The monoisotopic (exact) mass is 378 g/mol. The van der Waals surface area contributed by atoms with Crippen LogP contribution >= 0.6 is 11.6 Å². The highest BCUT2D eigenvalue weighted by Gasteiger charge is 2.40. The van der Waals surface area contributed by atoms with Gasteiger partial charge < -0.3 is 15.2 Å². The van der Waals surface area contributed by atoms with Crippen LogP contribution < -0.4 is 10.5 Å². The number of cyclic esters (lactones) is 1. The minimum atomic E-state index is -1.05. The van der Waals surface area contributed by atoms with Gasteiger partial charge in [-0.25, -0.2) is 9.18 Å². The number of benzene rings is 2. The van der Waals surface area contributed by atoms with E-state index in [9.17, 15) is 14.0 Å². The van der Waals surface area contributed by atoms with Gasteiger partial charge in [0.05, 0.1) is 19.7 Å². The van der Waals surface area contributed by atoms with E-state index in [1.54, 1.807) is 30.3 Å². The van der Waals surface area contributed by atoms with Crippen molar-refractivity contribution in [2.75, 3.05) is 13.7 Å². The highest BCUT2D eigenvalue weighted by atomic mass is 35.5. The standard InChI is InChI=1S/C18H16ClFN2O4/c1-25-14-8-11(19)4-7-13(14)16(10-2-5-12(20)6-3-10)22-9-15(17(21)23)26-18(22)24/h2-8,15-16H,9H2,1H3,(H2,21,23)/t15?,16-/m0/s1. The van der Waals surface area contributed by atoms with Crippen molar-refractivity contribution in [3.8, 4) is 5.75 Å². The van der Waals surface area contributed by atoms with Gasteiger partial charge in [0.2, 0.25) is 0 Å². The quantitative estimate of drug-likeness (QED) is 0.867. The SMILES string of the molecule is COc1cc(Cl)ccc1[C@H](c1ccc(F)cc1)N1CC(C(N)=O)OC1=O. The van der Waals surface area contributed by atoms with Crippen LogP contribution in [0.2, 0.25) is 5.02 Å². The van der Waals surface area contributed by atoms with Gasteiger partial charge >= 0.3 is 6.09 Å². The summed E-state index contributed by atoms with van der Waals surface area (Å²) in [6.07, 6.45) is -1.75. The number of halogens is 2. The molecule has 0 radical (unpaired) electrons. The zero-order valence-electron chi connectivity index (χ0n) is 13.8. The molecule has 0 bridgehead atoms. The second-order valence-corrected chi connectivity index (χ2v) is 6.20. The molecule has 1 unspecified atom stereocenters. The Hall–Kier alpha value is -2.80.